The summed E-state index contributed by atoms with van der Waals surface area (Å²) in [6, 6.07) is -5.49. The van der Waals surface area contributed by atoms with Gasteiger partial charge in [0.25, 0.3) is 0 Å². The Kier molecular flexibility index (Phi) is 14.4. The second kappa shape index (κ2) is 15.8. The molecule has 10 N–H and O–H groups in total. The van der Waals surface area contributed by atoms with Crippen LogP contribution >= 0.6 is 12.6 Å². The zero-order valence-electron chi connectivity index (χ0n) is 17.9. The van der Waals surface area contributed by atoms with E-state index in [0.29, 0.717) is 19.4 Å². The third-order valence-electron chi connectivity index (χ3n) is 4.39. The highest BCUT2D eigenvalue weighted by molar-refractivity contribution is 7.80. The van der Waals surface area contributed by atoms with E-state index < -0.39 is 79.1 Å². The molecule has 15 heteroatoms. The average molecular weight is 494 g/mol. The van der Waals surface area contributed by atoms with Gasteiger partial charge in [0.05, 0.1) is 12.5 Å². The van der Waals surface area contributed by atoms with Gasteiger partial charge in [-0.15, -0.1) is 0 Å². The maximum atomic E-state index is 12.6. The van der Waals surface area contributed by atoms with Gasteiger partial charge in [-0.05, 0) is 25.8 Å². The average Bonchev–Trinajstić information content (AvgIpc) is 2.73. The number of carbonyl (C=O) groups excluding carboxylic acids is 3. The standard InChI is InChI=1S/C18H31N5O9S/c19-6-2-1-3-9(20)15(28)22-11(7-14(26)27)16(29)23-12(8-33)17(30)21-10(18(31)32)4-5-13(24)25/h9-12,33H,1-8,19-20H2,(H,21,30)(H,22,28)(H,23,29)(H,24,25)(H,26,27)(H,31,32). The van der Waals surface area contributed by atoms with Crippen LogP contribution in [0, 0.1) is 0 Å². The predicted molar refractivity (Wildman–Crippen MR) is 117 cm³/mol. The molecule has 0 bridgehead atoms. The lowest BCUT2D eigenvalue weighted by atomic mass is 10.1. The summed E-state index contributed by atoms with van der Waals surface area (Å²) in [7, 11) is 0. The van der Waals surface area contributed by atoms with Gasteiger partial charge in [-0.1, -0.05) is 6.42 Å². The normalized spacial score (nSPS) is 14.3. The molecule has 3 amide bonds. The summed E-state index contributed by atoms with van der Waals surface area (Å²) in [5.74, 6) is -7.20. The van der Waals surface area contributed by atoms with E-state index in [0.717, 1.165) is 0 Å². The Balaban J connectivity index is 5.19. The molecule has 0 spiro atoms. The summed E-state index contributed by atoms with van der Waals surface area (Å²) in [5.41, 5.74) is 11.1. The van der Waals surface area contributed by atoms with Crippen molar-refractivity contribution < 1.29 is 44.1 Å². The van der Waals surface area contributed by atoms with Gasteiger partial charge < -0.3 is 42.7 Å². The van der Waals surface area contributed by atoms with Crippen molar-refractivity contribution in [3.63, 3.8) is 0 Å². The van der Waals surface area contributed by atoms with Crippen molar-refractivity contribution >= 4 is 48.3 Å². The van der Waals surface area contributed by atoms with Crippen molar-refractivity contribution in [2.24, 2.45) is 11.5 Å². The topological polar surface area (TPSA) is 251 Å². The van der Waals surface area contributed by atoms with Crippen LogP contribution < -0.4 is 27.4 Å². The number of carboxylic acids is 3. The van der Waals surface area contributed by atoms with Crippen molar-refractivity contribution in [3.05, 3.63) is 0 Å². The Morgan fingerprint density at radius 1 is 0.758 bits per heavy atom. The molecule has 0 heterocycles. The highest BCUT2D eigenvalue weighted by Crippen LogP contribution is 2.03. The van der Waals surface area contributed by atoms with E-state index in [2.05, 4.69) is 28.6 Å². The molecule has 0 fully saturated rings. The summed E-state index contributed by atoms with van der Waals surface area (Å²) in [5, 5.41) is 33.4. The minimum atomic E-state index is -1.56. The number of carboxylic acid groups (broad SMARTS) is 3. The fourth-order valence-electron chi connectivity index (χ4n) is 2.57. The lowest BCUT2D eigenvalue weighted by Gasteiger charge is -2.23. The van der Waals surface area contributed by atoms with Crippen LogP contribution in [0.15, 0.2) is 0 Å². The monoisotopic (exact) mass is 493 g/mol. The van der Waals surface area contributed by atoms with Gasteiger partial charge in [0.2, 0.25) is 17.7 Å². The molecule has 188 valence electrons. The van der Waals surface area contributed by atoms with Crippen LogP contribution in [0.2, 0.25) is 0 Å². The first-order chi connectivity index (χ1) is 15.4. The maximum Gasteiger partial charge on any atom is 0.326 e. The Morgan fingerprint density at radius 3 is 1.79 bits per heavy atom. The SMILES string of the molecule is NCCCCC(N)C(=O)NC(CC(=O)O)C(=O)NC(CS)C(=O)NC(CCC(=O)O)C(=O)O. The van der Waals surface area contributed by atoms with Crippen LogP contribution in [-0.2, 0) is 28.8 Å². The molecular formula is C18H31N5O9S. The lowest BCUT2D eigenvalue weighted by molar-refractivity contribution is -0.144. The van der Waals surface area contributed by atoms with Crippen LogP contribution in [0.4, 0.5) is 0 Å². The zero-order valence-corrected chi connectivity index (χ0v) is 18.8. The molecule has 0 saturated heterocycles. The lowest BCUT2D eigenvalue weighted by Crippen LogP contribution is -2.58. The third kappa shape index (κ3) is 12.6. The van der Waals surface area contributed by atoms with Crippen LogP contribution in [0.25, 0.3) is 0 Å². The second-order valence-electron chi connectivity index (χ2n) is 7.13. The van der Waals surface area contributed by atoms with Gasteiger partial charge in [-0.2, -0.15) is 12.6 Å². The number of amides is 3. The number of unbranched alkanes of at least 4 members (excludes halogenated alkanes) is 1. The van der Waals surface area contributed by atoms with Gasteiger partial charge in [0, 0.05) is 12.2 Å². The van der Waals surface area contributed by atoms with Crippen molar-refractivity contribution in [1.82, 2.24) is 16.0 Å². The summed E-state index contributed by atoms with van der Waals surface area (Å²) in [6.45, 7) is 0.407. The van der Waals surface area contributed by atoms with Crippen molar-refractivity contribution in [1.29, 1.82) is 0 Å². The number of nitrogens with two attached hydrogens (primary N) is 2. The minimum Gasteiger partial charge on any atom is -0.481 e. The second-order valence-corrected chi connectivity index (χ2v) is 7.49. The molecular weight excluding hydrogens is 462 g/mol. The molecule has 14 nitrogen and oxygen atoms in total. The highest BCUT2D eigenvalue weighted by atomic mass is 32.1. The van der Waals surface area contributed by atoms with E-state index in [9.17, 15) is 28.8 Å². The number of hydrogen-bond acceptors (Lipinski definition) is 9. The Bertz CT molecular complexity index is 721. The number of thiol groups is 1. The molecule has 4 atom stereocenters. The van der Waals surface area contributed by atoms with Crippen molar-refractivity contribution in [3.8, 4) is 0 Å². The molecule has 0 aromatic heterocycles. The van der Waals surface area contributed by atoms with Crippen LogP contribution in [0.3, 0.4) is 0 Å². The first-order valence-corrected chi connectivity index (χ1v) is 10.7. The smallest absolute Gasteiger partial charge is 0.326 e. The fraction of sp³-hybridized carbons (Fsp3) is 0.667. The molecule has 0 aliphatic carbocycles. The molecule has 0 aromatic carbocycles. The summed E-state index contributed by atoms with van der Waals surface area (Å²) in [4.78, 5) is 70.2. The Morgan fingerprint density at radius 2 is 1.30 bits per heavy atom. The molecule has 0 radical (unpaired) electrons. The molecule has 0 saturated carbocycles. The number of carbonyl (C=O) groups is 6. The summed E-state index contributed by atoms with van der Waals surface area (Å²) in [6.07, 6.45) is -0.280. The van der Waals surface area contributed by atoms with Gasteiger partial charge >= 0.3 is 17.9 Å². The van der Waals surface area contributed by atoms with Gasteiger partial charge in [-0.25, -0.2) is 4.79 Å². The molecule has 4 unspecified atom stereocenters. The molecule has 0 aliphatic heterocycles. The van der Waals surface area contributed by atoms with Crippen LogP contribution in [0.5, 0.6) is 0 Å². The van der Waals surface area contributed by atoms with E-state index in [1.54, 1.807) is 0 Å². The number of aliphatic carboxylic acids is 3. The largest absolute Gasteiger partial charge is 0.481 e. The van der Waals surface area contributed by atoms with Gasteiger partial charge in [0.1, 0.15) is 18.1 Å². The minimum absolute atomic E-state index is 0.263. The highest BCUT2D eigenvalue weighted by Gasteiger charge is 2.31. The molecule has 0 rings (SSSR count). The van der Waals surface area contributed by atoms with Crippen LogP contribution in [0.1, 0.15) is 38.5 Å². The van der Waals surface area contributed by atoms with E-state index in [1.165, 1.54) is 0 Å². The van der Waals surface area contributed by atoms with Crippen LogP contribution in [-0.4, -0.2) is 87.4 Å². The zero-order chi connectivity index (χ0) is 25.6. The third-order valence-corrected chi connectivity index (χ3v) is 4.76. The first-order valence-electron chi connectivity index (χ1n) is 10.1. The summed E-state index contributed by atoms with van der Waals surface area (Å²) < 4.78 is 0. The van der Waals surface area contributed by atoms with E-state index in [1.807, 2.05) is 0 Å². The van der Waals surface area contributed by atoms with E-state index in [4.69, 9.17) is 26.8 Å². The summed E-state index contributed by atoms with van der Waals surface area (Å²) >= 11 is 3.93. The predicted octanol–water partition coefficient (Wildman–Crippen LogP) is -2.75. The Labute approximate surface area is 195 Å². The van der Waals surface area contributed by atoms with Crippen molar-refractivity contribution in [2.45, 2.75) is 62.7 Å². The van der Waals surface area contributed by atoms with Gasteiger partial charge in [0.15, 0.2) is 0 Å². The molecule has 0 aromatic rings. The van der Waals surface area contributed by atoms with E-state index in [-0.39, 0.29) is 12.2 Å². The van der Waals surface area contributed by atoms with Gasteiger partial charge in [-0.3, -0.25) is 24.0 Å². The Hall–Kier alpha value is -2.91. The maximum absolute atomic E-state index is 12.6. The first kappa shape index (κ1) is 30.1. The number of hydrogen-bond donors (Lipinski definition) is 9. The van der Waals surface area contributed by atoms with Crippen molar-refractivity contribution in [2.75, 3.05) is 12.3 Å². The molecule has 0 aliphatic rings. The number of nitrogens with one attached hydrogen (secondary N) is 3. The number of rotatable bonds is 17. The molecule has 33 heavy (non-hydrogen) atoms. The quantitative estimate of drug-likeness (QED) is 0.0741. The fourth-order valence-corrected chi connectivity index (χ4v) is 2.82. The van der Waals surface area contributed by atoms with E-state index >= 15 is 0 Å².